The molecule has 3 aromatic rings. The number of aliphatic hydroxyl groups is 1. The lowest BCUT2D eigenvalue weighted by molar-refractivity contribution is 0.0884. The molecule has 4 rings (SSSR count). The molecule has 0 saturated carbocycles. The van der Waals surface area contributed by atoms with E-state index in [2.05, 4.69) is 15.4 Å². The van der Waals surface area contributed by atoms with Crippen LogP contribution in [0, 0.1) is 0 Å². The number of hydrogen-bond donors (Lipinski definition) is 2. The summed E-state index contributed by atoms with van der Waals surface area (Å²) >= 11 is 5.96. The summed E-state index contributed by atoms with van der Waals surface area (Å²) in [5.41, 5.74) is 0.824. The van der Waals surface area contributed by atoms with Crippen molar-refractivity contribution >= 4 is 17.5 Å². The Morgan fingerprint density at radius 2 is 2.03 bits per heavy atom. The van der Waals surface area contributed by atoms with Crippen LogP contribution in [-0.4, -0.2) is 51.1 Å². The molecule has 29 heavy (non-hydrogen) atoms. The molecule has 0 aliphatic carbocycles. The van der Waals surface area contributed by atoms with E-state index in [0.717, 1.165) is 4.68 Å². The van der Waals surface area contributed by atoms with Crippen LogP contribution in [0.25, 0.3) is 16.9 Å². The van der Waals surface area contributed by atoms with E-state index in [0.29, 0.717) is 22.0 Å². The SMILES string of the molecule is O=C(N[C@H]1COC[C@@H]1O)c1cc(-c2ccc(Cl)cc2)nn(-c2cccnc2)c1=O. The van der Waals surface area contributed by atoms with Gasteiger partial charge in [0, 0.05) is 16.8 Å². The molecule has 0 unspecified atom stereocenters. The number of amides is 1. The van der Waals surface area contributed by atoms with Gasteiger partial charge in [0.15, 0.2) is 0 Å². The lowest BCUT2D eigenvalue weighted by Crippen LogP contribution is -2.44. The van der Waals surface area contributed by atoms with Crippen LogP contribution in [-0.2, 0) is 4.74 Å². The third kappa shape index (κ3) is 4.04. The van der Waals surface area contributed by atoms with Crippen LogP contribution < -0.4 is 10.9 Å². The fraction of sp³-hybridized carbons (Fsp3) is 0.200. The molecule has 148 valence electrons. The number of halogens is 1. The van der Waals surface area contributed by atoms with Crippen LogP contribution in [0.3, 0.4) is 0 Å². The first-order valence-corrected chi connectivity index (χ1v) is 9.28. The van der Waals surface area contributed by atoms with Gasteiger partial charge in [-0.05, 0) is 30.3 Å². The van der Waals surface area contributed by atoms with Gasteiger partial charge in [-0.2, -0.15) is 9.78 Å². The molecule has 2 atom stereocenters. The van der Waals surface area contributed by atoms with Gasteiger partial charge in [-0.15, -0.1) is 0 Å². The van der Waals surface area contributed by atoms with Crippen molar-refractivity contribution < 1.29 is 14.6 Å². The lowest BCUT2D eigenvalue weighted by atomic mass is 10.1. The Morgan fingerprint density at radius 3 is 2.69 bits per heavy atom. The Hall–Kier alpha value is -3.07. The number of carbonyl (C=O) groups excluding carboxylic acids is 1. The van der Waals surface area contributed by atoms with Crippen molar-refractivity contribution in [3.05, 3.63) is 75.8 Å². The standard InChI is InChI=1S/C20H17ClN4O4/c21-13-5-3-12(4-6-13)16-8-15(19(27)23-17-10-29-11-18(17)26)20(28)25(24-16)14-2-1-7-22-9-14/h1-9,17-18,26H,10-11H2,(H,23,27)/t17-,18-/m0/s1. The predicted octanol–water partition coefficient (Wildman–Crippen LogP) is 1.44. The van der Waals surface area contributed by atoms with Gasteiger partial charge in [0.05, 0.1) is 42.9 Å². The van der Waals surface area contributed by atoms with Crippen LogP contribution in [0.15, 0.2) is 59.7 Å². The number of aromatic nitrogens is 3. The Labute approximate surface area is 170 Å². The van der Waals surface area contributed by atoms with Gasteiger partial charge in [-0.1, -0.05) is 23.7 Å². The Bertz CT molecular complexity index is 1090. The molecule has 1 saturated heterocycles. The monoisotopic (exact) mass is 412 g/mol. The summed E-state index contributed by atoms with van der Waals surface area (Å²) in [4.78, 5) is 29.8. The maximum atomic E-state index is 13.0. The second-order valence-electron chi connectivity index (χ2n) is 6.56. The van der Waals surface area contributed by atoms with E-state index in [1.807, 2.05) is 0 Å². The van der Waals surface area contributed by atoms with Crippen LogP contribution in [0.5, 0.6) is 0 Å². The van der Waals surface area contributed by atoms with Crippen molar-refractivity contribution in [3.8, 4) is 16.9 Å². The quantitative estimate of drug-likeness (QED) is 0.671. The number of hydrogen-bond acceptors (Lipinski definition) is 6. The van der Waals surface area contributed by atoms with Gasteiger partial charge in [-0.3, -0.25) is 14.6 Å². The van der Waals surface area contributed by atoms with Gasteiger partial charge in [0.2, 0.25) is 0 Å². The van der Waals surface area contributed by atoms with Crippen LogP contribution in [0.2, 0.25) is 5.02 Å². The second-order valence-corrected chi connectivity index (χ2v) is 7.00. The Balaban J connectivity index is 1.81. The first-order chi connectivity index (χ1) is 14.0. The second kappa shape index (κ2) is 8.12. The molecule has 1 fully saturated rings. The molecule has 8 nitrogen and oxygen atoms in total. The van der Waals surface area contributed by atoms with E-state index in [1.54, 1.807) is 42.6 Å². The molecule has 2 aromatic heterocycles. The first kappa shape index (κ1) is 19.3. The molecular formula is C20H17ClN4O4. The molecule has 2 N–H and O–H groups in total. The topological polar surface area (TPSA) is 106 Å². The number of nitrogens with one attached hydrogen (secondary N) is 1. The lowest BCUT2D eigenvalue weighted by Gasteiger charge is -2.15. The zero-order valence-electron chi connectivity index (χ0n) is 15.2. The fourth-order valence-electron chi connectivity index (χ4n) is 3.00. The molecule has 1 aliphatic heterocycles. The van der Waals surface area contributed by atoms with E-state index in [4.69, 9.17) is 16.3 Å². The highest BCUT2D eigenvalue weighted by molar-refractivity contribution is 6.30. The number of carbonyl (C=O) groups is 1. The number of rotatable bonds is 4. The number of benzene rings is 1. The minimum atomic E-state index is -0.822. The smallest absolute Gasteiger partial charge is 0.284 e. The summed E-state index contributed by atoms with van der Waals surface area (Å²) in [6, 6.07) is 11.1. The zero-order chi connectivity index (χ0) is 20.4. The molecule has 0 radical (unpaired) electrons. The van der Waals surface area contributed by atoms with Gasteiger partial charge in [-0.25, -0.2) is 0 Å². The minimum absolute atomic E-state index is 0.104. The first-order valence-electron chi connectivity index (χ1n) is 8.90. The average molecular weight is 413 g/mol. The van der Waals surface area contributed by atoms with Crippen LogP contribution in [0.1, 0.15) is 10.4 Å². The number of nitrogens with zero attached hydrogens (tertiary/aromatic N) is 3. The molecule has 0 spiro atoms. The van der Waals surface area contributed by atoms with Crippen LogP contribution in [0.4, 0.5) is 0 Å². The van der Waals surface area contributed by atoms with Crippen molar-refractivity contribution in [2.45, 2.75) is 12.1 Å². The normalized spacial score (nSPS) is 18.6. The third-order valence-electron chi connectivity index (χ3n) is 4.55. The van der Waals surface area contributed by atoms with Crippen molar-refractivity contribution in [1.29, 1.82) is 0 Å². The van der Waals surface area contributed by atoms with E-state index < -0.39 is 23.6 Å². The highest BCUT2D eigenvalue weighted by atomic mass is 35.5. The summed E-state index contributed by atoms with van der Waals surface area (Å²) in [5, 5.41) is 17.5. The van der Waals surface area contributed by atoms with E-state index in [-0.39, 0.29) is 18.8 Å². The molecule has 9 heteroatoms. The summed E-state index contributed by atoms with van der Waals surface area (Å²) in [6.45, 7) is 0.316. The molecule has 0 bridgehead atoms. The molecule has 1 aliphatic rings. The van der Waals surface area contributed by atoms with Crippen LogP contribution >= 0.6 is 11.6 Å². The largest absolute Gasteiger partial charge is 0.388 e. The summed E-state index contributed by atoms with van der Waals surface area (Å²) in [5.74, 6) is -0.611. The number of ether oxygens (including phenoxy) is 1. The summed E-state index contributed by atoms with van der Waals surface area (Å²) in [7, 11) is 0. The van der Waals surface area contributed by atoms with E-state index >= 15 is 0 Å². The molecule has 1 aromatic carbocycles. The highest BCUT2D eigenvalue weighted by Crippen LogP contribution is 2.20. The third-order valence-corrected chi connectivity index (χ3v) is 4.81. The van der Waals surface area contributed by atoms with E-state index in [1.165, 1.54) is 12.3 Å². The van der Waals surface area contributed by atoms with Gasteiger partial charge in [0.25, 0.3) is 11.5 Å². The van der Waals surface area contributed by atoms with Crippen molar-refractivity contribution in [1.82, 2.24) is 20.1 Å². The minimum Gasteiger partial charge on any atom is -0.388 e. The van der Waals surface area contributed by atoms with E-state index in [9.17, 15) is 14.7 Å². The number of pyridine rings is 1. The predicted molar refractivity (Wildman–Crippen MR) is 106 cm³/mol. The van der Waals surface area contributed by atoms with Gasteiger partial charge < -0.3 is 15.2 Å². The maximum Gasteiger partial charge on any atom is 0.284 e. The summed E-state index contributed by atoms with van der Waals surface area (Å²) < 4.78 is 6.28. The number of aliphatic hydroxyl groups excluding tert-OH is 1. The summed E-state index contributed by atoms with van der Waals surface area (Å²) in [6.07, 6.45) is 2.24. The fourth-order valence-corrected chi connectivity index (χ4v) is 3.13. The molecular weight excluding hydrogens is 396 g/mol. The van der Waals surface area contributed by atoms with Crippen molar-refractivity contribution in [2.24, 2.45) is 0 Å². The molecule has 3 heterocycles. The highest BCUT2D eigenvalue weighted by Gasteiger charge is 2.29. The van der Waals surface area contributed by atoms with Gasteiger partial charge in [0.1, 0.15) is 5.56 Å². The Morgan fingerprint density at radius 1 is 1.24 bits per heavy atom. The maximum absolute atomic E-state index is 13.0. The average Bonchev–Trinajstić information content (AvgIpc) is 3.14. The Kier molecular flexibility index (Phi) is 5.39. The van der Waals surface area contributed by atoms with Crippen molar-refractivity contribution in [2.75, 3.05) is 13.2 Å². The molecule has 1 amide bonds. The van der Waals surface area contributed by atoms with Gasteiger partial charge >= 0.3 is 0 Å². The zero-order valence-corrected chi connectivity index (χ0v) is 15.9. The van der Waals surface area contributed by atoms with Crippen molar-refractivity contribution in [3.63, 3.8) is 0 Å².